The number of aliphatic hydroxyl groups is 1. The molecule has 0 aliphatic heterocycles. The summed E-state index contributed by atoms with van der Waals surface area (Å²) < 4.78 is 5.63. The van der Waals surface area contributed by atoms with Crippen molar-refractivity contribution in [3.05, 3.63) is 18.3 Å². The first-order valence-corrected chi connectivity index (χ1v) is 7.22. The average Bonchev–Trinajstić information content (AvgIpc) is 2.45. The van der Waals surface area contributed by atoms with Gasteiger partial charge in [0, 0.05) is 12.7 Å². The van der Waals surface area contributed by atoms with E-state index >= 15 is 0 Å². The molecule has 0 aromatic carbocycles. The molecule has 4 heteroatoms. The van der Waals surface area contributed by atoms with Gasteiger partial charge in [-0.05, 0) is 24.5 Å². The van der Waals surface area contributed by atoms with Crippen LogP contribution in [0.4, 0.5) is 5.82 Å². The number of hydrogen-bond donors (Lipinski definition) is 2. The number of pyridine rings is 1. The number of aliphatic hydroxyl groups excluding tert-OH is 1. The van der Waals surface area contributed by atoms with Crippen LogP contribution in [0.3, 0.4) is 0 Å². The molecule has 0 fully saturated rings. The molecule has 1 heterocycles. The lowest BCUT2D eigenvalue weighted by molar-refractivity contribution is 0.114. The fraction of sp³-hybridized carbons (Fsp3) is 0.667. The Labute approximate surface area is 116 Å². The predicted molar refractivity (Wildman–Crippen MR) is 78.6 cm³/mol. The second-order valence-corrected chi connectivity index (χ2v) is 4.72. The van der Waals surface area contributed by atoms with Gasteiger partial charge in [-0.3, -0.25) is 0 Å². The zero-order valence-corrected chi connectivity index (χ0v) is 12.2. The van der Waals surface area contributed by atoms with Crippen molar-refractivity contribution in [2.24, 2.45) is 5.92 Å². The topological polar surface area (TPSA) is 54.4 Å². The Hall–Kier alpha value is -1.29. The Balaban J connectivity index is 2.56. The van der Waals surface area contributed by atoms with Crippen molar-refractivity contribution in [2.45, 2.75) is 46.1 Å². The number of nitrogens with one attached hydrogen (secondary N) is 1. The Morgan fingerprint density at radius 1 is 1.32 bits per heavy atom. The number of rotatable bonds is 9. The first-order chi connectivity index (χ1) is 9.22. The van der Waals surface area contributed by atoms with E-state index in [0.717, 1.165) is 25.0 Å². The minimum Gasteiger partial charge on any atom is -0.490 e. The van der Waals surface area contributed by atoms with Crippen LogP contribution in [-0.2, 0) is 0 Å². The SMILES string of the molecule is CCCOc1cccnc1NCC(O)C(CC)CC. The van der Waals surface area contributed by atoms with Gasteiger partial charge in [0.25, 0.3) is 0 Å². The molecular weight excluding hydrogens is 240 g/mol. The van der Waals surface area contributed by atoms with E-state index in [0.29, 0.717) is 24.9 Å². The smallest absolute Gasteiger partial charge is 0.168 e. The summed E-state index contributed by atoms with van der Waals surface area (Å²) in [5.41, 5.74) is 0. The van der Waals surface area contributed by atoms with E-state index in [9.17, 15) is 5.11 Å². The number of ether oxygens (including phenoxy) is 1. The third-order valence-electron chi connectivity index (χ3n) is 3.30. The summed E-state index contributed by atoms with van der Waals surface area (Å²) in [7, 11) is 0. The van der Waals surface area contributed by atoms with Gasteiger partial charge < -0.3 is 15.2 Å². The largest absolute Gasteiger partial charge is 0.490 e. The van der Waals surface area contributed by atoms with Crippen molar-refractivity contribution >= 4 is 5.82 Å². The van der Waals surface area contributed by atoms with Gasteiger partial charge >= 0.3 is 0 Å². The van der Waals surface area contributed by atoms with Gasteiger partial charge in [-0.1, -0.05) is 33.6 Å². The quantitative estimate of drug-likeness (QED) is 0.721. The first-order valence-electron chi connectivity index (χ1n) is 7.22. The molecular formula is C15H26N2O2. The van der Waals surface area contributed by atoms with Crippen molar-refractivity contribution in [2.75, 3.05) is 18.5 Å². The number of aromatic nitrogens is 1. The fourth-order valence-corrected chi connectivity index (χ4v) is 2.05. The molecule has 0 bridgehead atoms. The third kappa shape index (κ3) is 5.07. The van der Waals surface area contributed by atoms with Crippen LogP contribution in [-0.4, -0.2) is 29.3 Å². The van der Waals surface area contributed by atoms with Crippen LogP contribution in [0.25, 0.3) is 0 Å². The molecule has 4 nitrogen and oxygen atoms in total. The highest BCUT2D eigenvalue weighted by Gasteiger charge is 2.16. The predicted octanol–water partition coefficient (Wildman–Crippen LogP) is 3.08. The first kappa shape index (κ1) is 15.8. The Morgan fingerprint density at radius 2 is 2.05 bits per heavy atom. The molecule has 108 valence electrons. The summed E-state index contributed by atoms with van der Waals surface area (Å²) in [5.74, 6) is 1.79. The van der Waals surface area contributed by atoms with Crippen LogP contribution < -0.4 is 10.1 Å². The molecule has 19 heavy (non-hydrogen) atoms. The maximum atomic E-state index is 10.1. The fourth-order valence-electron chi connectivity index (χ4n) is 2.05. The van der Waals surface area contributed by atoms with Gasteiger partial charge in [0.15, 0.2) is 11.6 Å². The van der Waals surface area contributed by atoms with Crippen LogP contribution in [0.5, 0.6) is 5.75 Å². The standard InChI is InChI=1S/C15H26N2O2/c1-4-10-19-14-8-7-9-16-15(14)17-11-13(18)12(5-2)6-3/h7-9,12-13,18H,4-6,10-11H2,1-3H3,(H,16,17). The van der Waals surface area contributed by atoms with E-state index in [2.05, 4.69) is 31.1 Å². The number of anilines is 1. The molecule has 0 amide bonds. The van der Waals surface area contributed by atoms with E-state index in [1.165, 1.54) is 0 Å². The van der Waals surface area contributed by atoms with E-state index in [4.69, 9.17) is 4.74 Å². The zero-order valence-electron chi connectivity index (χ0n) is 12.2. The van der Waals surface area contributed by atoms with Crippen molar-refractivity contribution in [1.82, 2.24) is 4.98 Å². The Morgan fingerprint density at radius 3 is 2.68 bits per heavy atom. The van der Waals surface area contributed by atoms with Crippen LogP contribution >= 0.6 is 0 Å². The molecule has 0 radical (unpaired) electrons. The zero-order chi connectivity index (χ0) is 14.1. The van der Waals surface area contributed by atoms with Crippen molar-refractivity contribution in [3.8, 4) is 5.75 Å². The number of hydrogen-bond acceptors (Lipinski definition) is 4. The lowest BCUT2D eigenvalue weighted by atomic mass is 9.96. The van der Waals surface area contributed by atoms with E-state index in [1.54, 1.807) is 6.20 Å². The number of nitrogens with zero attached hydrogens (tertiary/aromatic N) is 1. The lowest BCUT2D eigenvalue weighted by Crippen LogP contribution is -2.28. The van der Waals surface area contributed by atoms with Crippen molar-refractivity contribution < 1.29 is 9.84 Å². The average molecular weight is 266 g/mol. The highest BCUT2D eigenvalue weighted by atomic mass is 16.5. The van der Waals surface area contributed by atoms with Crippen LogP contribution in [0, 0.1) is 5.92 Å². The molecule has 1 atom stereocenters. The second-order valence-electron chi connectivity index (χ2n) is 4.72. The molecule has 0 saturated heterocycles. The van der Waals surface area contributed by atoms with Gasteiger partial charge in [-0.25, -0.2) is 4.98 Å². The molecule has 0 spiro atoms. The lowest BCUT2D eigenvalue weighted by Gasteiger charge is -2.21. The van der Waals surface area contributed by atoms with Crippen molar-refractivity contribution in [3.63, 3.8) is 0 Å². The molecule has 1 aromatic rings. The summed E-state index contributed by atoms with van der Waals surface area (Å²) in [5, 5.41) is 13.3. The highest BCUT2D eigenvalue weighted by Crippen LogP contribution is 2.22. The van der Waals surface area contributed by atoms with Gasteiger partial charge in [0.2, 0.25) is 0 Å². The highest BCUT2D eigenvalue weighted by molar-refractivity contribution is 5.49. The summed E-state index contributed by atoms with van der Waals surface area (Å²) in [6.07, 6.45) is 4.31. The summed E-state index contributed by atoms with van der Waals surface area (Å²) in [6.45, 7) is 7.46. The summed E-state index contributed by atoms with van der Waals surface area (Å²) in [4.78, 5) is 4.27. The Bertz CT molecular complexity index is 354. The molecule has 2 N–H and O–H groups in total. The normalized spacial score (nSPS) is 12.5. The minimum absolute atomic E-state index is 0.330. The molecule has 0 aliphatic rings. The molecule has 0 saturated carbocycles. The minimum atomic E-state index is -0.351. The van der Waals surface area contributed by atoms with Crippen LogP contribution in [0.15, 0.2) is 18.3 Å². The van der Waals surface area contributed by atoms with E-state index in [1.807, 2.05) is 12.1 Å². The van der Waals surface area contributed by atoms with Gasteiger partial charge in [0.1, 0.15) is 0 Å². The molecule has 0 aliphatic carbocycles. The van der Waals surface area contributed by atoms with Crippen LogP contribution in [0.2, 0.25) is 0 Å². The van der Waals surface area contributed by atoms with Crippen molar-refractivity contribution in [1.29, 1.82) is 0 Å². The molecule has 1 unspecified atom stereocenters. The van der Waals surface area contributed by atoms with E-state index in [-0.39, 0.29) is 6.10 Å². The monoisotopic (exact) mass is 266 g/mol. The van der Waals surface area contributed by atoms with Crippen LogP contribution in [0.1, 0.15) is 40.0 Å². The summed E-state index contributed by atoms with van der Waals surface area (Å²) in [6, 6.07) is 3.75. The van der Waals surface area contributed by atoms with Gasteiger partial charge in [0.05, 0.1) is 12.7 Å². The molecule has 1 rings (SSSR count). The van der Waals surface area contributed by atoms with Gasteiger partial charge in [-0.2, -0.15) is 0 Å². The second kappa shape index (κ2) is 8.75. The maximum Gasteiger partial charge on any atom is 0.168 e. The third-order valence-corrected chi connectivity index (χ3v) is 3.30. The van der Waals surface area contributed by atoms with E-state index < -0.39 is 0 Å². The summed E-state index contributed by atoms with van der Waals surface area (Å²) >= 11 is 0. The Kier molecular flexibility index (Phi) is 7.26. The molecule has 1 aromatic heterocycles. The maximum absolute atomic E-state index is 10.1. The van der Waals surface area contributed by atoms with Gasteiger partial charge in [-0.15, -0.1) is 0 Å².